The van der Waals surface area contributed by atoms with E-state index in [1.54, 1.807) is 31.2 Å². The van der Waals surface area contributed by atoms with E-state index in [0.717, 1.165) is 11.6 Å². The van der Waals surface area contributed by atoms with Gasteiger partial charge in [0.05, 0.1) is 16.1 Å². The highest BCUT2D eigenvalue weighted by Gasteiger charge is 2.34. The third-order valence-electron chi connectivity index (χ3n) is 4.68. The van der Waals surface area contributed by atoms with Gasteiger partial charge >= 0.3 is 6.18 Å². The molecule has 11 heteroatoms. The molecule has 6 nitrogen and oxygen atoms in total. The summed E-state index contributed by atoms with van der Waals surface area (Å²) in [7, 11) is -3.86. The Morgan fingerprint density at radius 3 is 2.29 bits per heavy atom. The predicted octanol–water partition coefficient (Wildman–Crippen LogP) is 5.79. The molecule has 0 aliphatic rings. The van der Waals surface area contributed by atoms with Gasteiger partial charge in [0, 0.05) is 10.7 Å². The fourth-order valence-electron chi connectivity index (χ4n) is 2.98. The maximum Gasteiger partial charge on any atom is 0.418 e. The molecule has 0 radical (unpaired) electrons. The summed E-state index contributed by atoms with van der Waals surface area (Å²) >= 11 is 5.63. The van der Waals surface area contributed by atoms with Gasteiger partial charge in [-0.05, 0) is 67.9 Å². The zero-order chi connectivity index (χ0) is 25.1. The van der Waals surface area contributed by atoms with E-state index in [0.29, 0.717) is 17.3 Å². The van der Waals surface area contributed by atoms with Crippen molar-refractivity contribution in [1.82, 2.24) is 0 Å². The Hall–Kier alpha value is -3.24. The molecule has 0 fully saturated rings. The molecule has 0 saturated heterocycles. The first-order valence-electron chi connectivity index (χ1n) is 9.85. The molecule has 1 amide bonds. The first-order chi connectivity index (χ1) is 15.8. The van der Waals surface area contributed by atoms with Gasteiger partial charge in [0.2, 0.25) is 0 Å². The van der Waals surface area contributed by atoms with E-state index in [2.05, 4.69) is 10.0 Å². The summed E-state index contributed by atoms with van der Waals surface area (Å²) in [6, 6.07) is 13.8. The molecule has 0 spiro atoms. The van der Waals surface area contributed by atoms with Gasteiger partial charge < -0.3 is 10.1 Å². The maximum atomic E-state index is 13.2. The van der Waals surface area contributed by atoms with Crippen LogP contribution in [0.5, 0.6) is 5.75 Å². The van der Waals surface area contributed by atoms with Crippen molar-refractivity contribution in [2.24, 2.45) is 0 Å². The van der Waals surface area contributed by atoms with Crippen molar-refractivity contribution in [2.75, 3.05) is 16.6 Å². The molecule has 0 aliphatic carbocycles. The lowest BCUT2D eigenvalue weighted by Crippen LogP contribution is -2.22. The number of anilines is 2. The molecule has 0 aliphatic heterocycles. The number of carbonyl (C=O) groups excluding carboxylic acids is 1. The molecule has 0 unspecified atom stereocenters. The second-order valence-corrected chi connectivity index (χ2v) is 9.54. The predicted molar refractivity (Wildman–Crippen MR) is 124 cm³/mol. The average Bonchev–Trinajstić information content (AvgIpc) is 2.75. The minimum absolute atomic E-state index is 0.0154. The number of rotatable bonds is 7. The van der Waals surface area contributed by atoms with E-state index in [1.807, 2.05) is 6.92 Å². The second-order valence-electron chi connectivity index (χ2n) is 7.42. The monoisotopic (exact) mass is 512 g/mol. The van der Waals surface area contributed by atoms with E-state index in [9.17, 15) is 26.4 Å². The summed E-state index contributed by atoms with van der Waals surface area (Å²) in [5, 5.41) is 2.03. The van der Waals surface area contributed by atoms with Crippen LogP contribution in [0.2, 0.25) is 5.02 Å². The van der Waals surface area contributed by atoms with Crippen molar-refractivity contribution >= 4 is 38.9 Å². The summed E-state index contributed by atoms with van der Waals surface area (Å²) in [4.78, 5) is 12.2. The van der Waals surface area contributed by atoms with Crippen molar-refractivity contribution in [3.63, 3.8) is 0 Å². The van der Waals surface area contributed by atoms with E-state index < -0.39 is 40.0 Å². The molecule has 0 saturated carbocycles. The van der Waals surface area contributed by atoms with Crippen LogP contribution in [0.25, 0.3) is 0 Å². The van der Waals surface area contributed by atoms with Crippen LogP contribution in [0.3, 0.4) is 0 Å². The molecule has 3 aromatic carbocycles. The molecular weight excluding hydrogens is 493 g/mol. The van der Waals surface area contributed by atoms with Gasteiger partial charge in [-0.25, -0.2) is 8.42 Å². The molecule has 0 aromatic heterocycles. The molecule has 0 atom stereocenters. The number of ether oxygens (including phenoxy) is 1. The quantitative estimate of drug-likeness (QED) is 0.419. The lowest BCUT2D eigenvalue weighted by molar-refractivity contribution is -0.137. The van der Waals surface area contributed by atoms with Crippen molar-refractivity contribution in [3.05, 3.63) is 82.4 Å². The number of amides is 1. The van der Waals surface area contributed by atoms with Crippen molar-refractivity contribution in [2.45, 2.75) is 24.9 Å². The third kappa shape index (κ3) is 6.42. The third-order valence-corrected chi connectivity index (χ3v) is 6.29. The van der Waals surface area contributed by atoms with Crippen LogP contribution in [-0.4, -0.2) is 20.9 Å². The number of sulfonamides is 1. The first kappa shape index (κ1) is 25.4. The van der Waals surface area contributed by atoms with Gasteiger partial charge in [-0.1, -0.05) is 29.3 Å². The van der Waals surface area contributed by atoms with Crippen molar-refractivity contribution in [1.29, 1.82) is 0 Å². The van der Waals surface area contributed by atoms with E-state index in [-0.39, 0.29) is 15.7 Å². The Kier molecular flexibility index (Phi) is 7.42. The van der Waals surface area contributed by atoms with Crippen LogP contribution in [0.1, 0.15) is 16.7 Å². The lowest BCUT2D eigenvalue weighted by atomic mass is 10.1. The highest BCUT2D eigenvalue weighted by atomic mass is 35.5. The Morgan fingerprint density at radius 2 is 1.68 bits per heavy atom. The summed E-state index contributed by atoms with van der Waals surface area (Å²) in [6.45, 7) is 2.87. The Morgan fingerprint density at radius 1 is 1.00 bits per heavy atom. The molecule has 3 rings (SSSR count). The van der Waals surface area contributed by atoms with Gasteiger partial charge in [0.15, 0.2) is 6.61 Å². The second kappa shape index (κ2) is 9.94. The minimum Gasteiger partial charge on any atom is -0.483 e. The van der Waals surface area contributed by atoms with Gasteiger partial charge in [-0.15, -0.1) is 0 Å². The fraction of sp³-hybridized carbons (Fsp3) is 0.174. The molecule has 3 aromatic rings. The van der Waals surface area contributed by atoms with Crippen LogP contribution in [0.15, 0.2) is 65.6 Å². The van der Waals surface area contributed by atoms with E-state index in [4.69, 9.17) is 16.3 Å². The number of hydrogen-bond acceptors (Lipinski definition) is 4. The summed E-state index contributed by atoms with van der Waals surface area (Å²) in [6.07, 6.45) is -4.71. The van der Waals surface area contributed by atoms with Gasteiger partial charge in [-0.3, -0.25) is 9.52 Å². The molecule has 34 heavy (non-hydrogen) atoms. The average molecular weight is 513 g/mol. The minimum atomic E-state index is -4.71. The Labute approximate surface area is 199 Å². The standard InChI is InChI=1S/C23H20ClF3N2O4S/c1-14-3-6-17(7-4-14)29-34(31,32)18-8-10-21(15(2)11-18)33-13-22(30)28-20-9-5-16(24)12-19(20)23(25,26)27/h3-12,29H,13H2,1-2H3,(H,28,30). The van der Waals surface area contributed by atoms with Crippen LogP contribution in [-0.2, 0) is 21.0 Å². The maximum absolute atomic E-state index is 13.2. The summed E-state index contributed by atoms with van der Waals surface area (Å²) in [5.74, 6) is -0.624. The molecule has 0 bridgehead atoms. The lowest BCUT2D eigenvalue weighted by Gasteiger charge is -2.15. The van der Waals surface area contributed by atoms with E-state index in [1.165, 1.54) is 24.3 Å². The number of benzene rings is 3. The largest absolute Gasteiger partial charge is 0.483 e. The number of halogens is 4. The number of hydrogen-bond donors (Lipinski definition) is 2. The number of nitrogens with one attached hydrogen (secondary N) is 2. The Bertz CT molecular complexity index is 1310. The normalized spacial score (nSPS) is 11.7. The molecule has 180 valence electrons. The smallest absolute Gasteiger partial charge is 0.418 e. The zero-order valence-corrected chi connectivity index (χ0v) is 19.6. The van der Waals surface area contributed by atoms with E-state index >= 15 is 0 Å². The molecular formula is C23H20ClF3N2O4S. The van der Waals surface area contributed by atoms with Crippen LogP contribution < -0.4 is 14.8 Å². The SMILES string of the molecule is Cc1ccc(NS(=O)(=O)c2ccc(OCC(=O)Nc3ccc(Cl)cc3C(F)(F)F)c(C)c2)cc1. The number of carbonyl (C=O) groups is 1. The Balaban J connectivity index is 1.67. The van der Waals surface area contributed by atoms with Crippen LogP contribution in [0, 0.1) is 13.8 Å². The summed E-state index contributed by atoms with van der Waals surface area (Å²) < 4.78 is 72.7. The van der Waals surface area contributed by atoms with Gasteiger partial charge in [-0.2, -0.15) is 13.2 Å². The summed E-state index contributed by atoms with van der Waals surface area (Å²) in [5.41, 5.74) is 0.267. The number of aryl methyl sites for hydroxylation is 2. The molecule has 2 N–H and O–H groups in total. The fourth-order valence-corrected chi connectivity index (χ4v) is 4.29. The van der Waals surface area contributed by atoms with Crippen LogP contribution >= 0.6 is 11.6 Å². The topological polar surface area (TPSA) is 84.5 Å². The van der Waals surface area contributed by atoms with Gasteiger partial charge in [0.1, 0.15) is 5.75 Å². The molecule has 0 heterocycles. The van der Waals surface area contributed by atoms with Crippen molar-refractivity contribution in [3.8, 4) is 5.75 Å². The number of alkyl halides is 3. The first-order valence-corrected chi connectivity index (χ1v) is 11.7. The zero-order valence-electron chi connectivity index (χ0n) is 18.0. The van der Waals surface area contributed by atoms with Crippen LogP contribution in [0.4, 0.5) is 24.5 Å². The van der Waals surface area contributed by atoms with Gasteiger partial charge in [0.25, 0.3) is 15.9 Å². The highest BCUT2D eigenvalue weighted by Crippen LogP contribution is 2.36. The van der Waals surface area contributed by atoms with Crippen molar-refractivity contribution < 1.29 is 31.1 Å². The highest BCUT2D eigenvalue weighted by molar-refractivity contribution is 7.92.